The van der Waals surface area contributed by atoms with Crippen molar-refractivity contribution < 1.29 is 9.47 Å². The molecule has 5 heteroatoms. The van der Waals surface area contributed by atoms with Crippen molar-refractivity contribution >= 4 is 23.1 Å². The summed E-state index contributed by atoms with van der Waals surface area (Å²) in [6.07, 6.45) is 3.80. The first-order valence-electron chi connectivity index (χ1n) is 17.8. The monoisotopic (exact) mass is 660 g/mol. The number of pyridine rings is 2. The molecule has 0 saturated carbocycles. The van der Waals surface area contributed by atoms with E-state index in [1.165, 1.54) is 22.3 Å². The highest BCUT2D eigenvalue weighted by Crippen LogP contribution is 2.44. The van der Waals surface area contributed by atoms with E-state index in [-0.39, 0.29) is 18.5 Å². The van der Waals surface area contributed by atoms with Gasteiger partial charge < -0.3 is 9.47 Å². The van der Waals surface area contributed by atoms with Gasteiger partial charge in [0.25, 0.3) is 6.71 Å². The summed E-state index contributed by atoms with van der Waals surface area (Å²) in [6, 6.07) is 44.8. The Bertz CT molecular complexity index is 2270. The number of benzene rings is 5. The number of hydrogen-bond acceptors (Lipinski definition) is 4. The molecule has 2 aliphatic rings. The molecule has 4 heterocycles. The average molecular weight is 661 g/mol. The van der Waals surface area contributed by atoms with E-state index in [0.717, 1.165) is 73.0 Å². The molecule has 0 fully saturated rings. The predicted molar refractivity (Wildman–Crippen MR) is 210 cm³/mol. The molecular formula is C46H37BN2O2. The Kier molecular flexibility index (Phi) is 7.58. The lowest BCUT2D eigenvalue weighted by molar-refractivity contribution is 0.452. The highest BCUT2D eigenvalue weighted by atomic mass is 16.5. The third kappa shape index (κ3) is 5.41. The summed E-state index contributed by atoms with van der Waals surface area (Å²) < 4.78 is 13.8. The topological polar surface area (TPSA) is 44.2 Å². The Morgan fingerprint density at radius 3 is 1.33 bits per heavy atom. The maximum Gasteiger partial charge on any atom is 0.260 e. The molecular weight excluding hydrogens is 623 g/mol. The summed E-state index contributed by atoms with van der Waals surface area (Å²) in [7, 11) is 0. The van der Waals surface area contributed by atoms with Crippen LogP contribution in [-0.2, 0) is 0 Å². The number of nitrogens with zero attached hydrogens (tertiary/aromatic N) is 2. The quantitative estimate of drug-likeness (QED) is 0.167. The maximum atomic E-state index is 6.92. The van der Waals surface area contributed by atoms with Crippen LogP contribution in [0, 0.1) is 0 Å². The summed E-state index contributed by atoms with van der Waals surface area (Å²) in [5.41, 5.74) is 14.3. The fourth-order valence-corrected chi connectivity index (χ4v) is 7.61. The predicted octanol–water partition coefficient (Wildman–Crippen LogP) is 10.1. The zero-order valence-electron chi connectivity index (χ0n) is 29.2. The molecule has 0 aliphatic carbocycles. The Morgan fingerprint density at radius 1 is 0.451 bits per heavy atom. The molecule has 0 spiro atoms. The van der Waals surface area contributed by atoms with E-state index < -0.39 is 0 Å². The van der Waals surface area contributed by atoms with Crippen LogP contribution in [0.25, 0.3) is 44.8 Å². The molecule has 2 aliphatic heterocycles. The SMILES string of the molecule is CC(C)c1cc(C(C)C)c2c3c1Oc1ccc(-c4cc(-c5ccccc5)ccn4)cc1B3c1cc(-c3cc(-c4ccccc4)ccn3)ccc1O2. The standard InChI is InChI=1S/C46H37BN2O2/c1-28(2)36-27-37(29(3)4)46-44-45(36)50-42-17-15-34(40-25-32(19-21-48-40)30-11-7-5-8-12-30)23-38(42)47(44)39-24-35(16-18-43(39)51-46)41-26-33(20-22-49-41)31-13-9-6-10-14-31/h5-29H,1-4H3. The minimum atomic E-state index is -0.104. The zero-order valence-corrected chi connectivity index (χ0v) is 29.2. The highest BCUT2D eigenvalue weighted by Gasteiger charge is 2.43. The van der Waals surface area contributed by atoms with Crippen molar-refractivity contribution in [1.29, 1.82) is 0 Å². The first-order chi connectivity index (χ1) is 24.9. The molecule has 246 valence electrons. The fraction of sp³-hybridized carbons (Fsp3) is 0.130. The van der Waals surface area contributed by atoms with Crippen molar-refractivity contribution in [2.45, 2.75) is 39.5 Å². The summed E-state index contributed by atoms with van der Waals surface area (Å²) >= 11 is 0. The van der Waals surface area contributed by atoms with Crippen LogP contribution in [0.3, 0.4) is 0 Å². The van der Waals surface area contributed by atoms with Crippen molar-refractivity contribution in [1.82, 2.24) is 9.97 Å². The number of ether oxygens (including phenoxy) is 2. The van der Waals surface area contributed by atoms with E-state index in [0.29, 0.717) is 0 Å². The van der Waals surface area contributed by atoms with E-state index in [1.807, 2.05) is 24.5 Å². The van der Waals surface area contributed by atoms with Crippen LogP contribution in [0.15, 0.2) is 140 Å². The first kappa shape index (κ1) is 31.1. The number of hydrogen-bond donors (Lipinski definition) is 0. The summed E-state index contributed by atoms with van der Waals surface area (Å²) in [5, 5.41) is 0. The van der Waals surface area contributed by atoms with Crippen molar-refractivity contribution in [3.05, 3.63) is 151 Å². The lowest BCUT2D eigenvalue weighted by Gasteiger charge is -2.36. The molecule has 0 saturated heterocycles. The lowest BCUT2D eigenvalue weighted by atomic mass is 9.34. The number of fused-ring (bicyclic) bond motifs is 4. The number of rotatable bonds is 6. The third-order valence-electron chi connectivity index (χ3n) is 10.2. The van der Waals surface area contributed by atoms with Crippen LogP contribution >= 0.6 is 0 Å². The second-order valence-electron chi connectivity index (χ2n) is 14.2. The van der Waals surface area contributed by atoms with Gasteiger partial charge in [0.1, 0.15) is 23.0 Å². The molecule has 51 heavy (non-hydrogen) atoms. The molecule has 2 aromatic heterocycles. The highest BCUT2D eigenvalue weighted by molar-refractivity contribution is 6.98. The van der Waals surface area contributed by atoms with Crippen molar-refractivity contribution in [3.63, 3.8) is 0 Å². The largest absolute Gasteiger partial charge is 0.458 e. The van der Waals surface area contributed by atoms with Crippen LogP contribution in [0.2, 0.25) is 0 Å². The van der Waals surface area contributed by atoms with Crippen LogP contribution in [0.4, 0.5) is 0 Å². The van der Waals surface area contributed by atoms with Gasteiger partial charge in [-0.05, 0) is 122 Å². The van der Waals surface area contributed by atoms with Crippen LogP contribution < -0.4 is 25.9 Å². The maximum absolute atomic E-state index is 6.92. The van der Waals surface area contributed by atoms with E-state index in [9.17, 15) is 0 Å². The minimum absolute atomic E-state index is 0.104. The van der Waals surface area contributed by atoms with Gasteiger partial charge in [-0.1, -0.05) is 100 Å². The number of aromatic nitrogens is 2. The fourth-order valence-electron chi connectivity index (χ4n) is 7.61. The second kappa shape index (κ2) is 12.4. The van der Waals surface area contributed by atoms with Crippen molar-refractivity contribution in [3.8, 4) is 67.8 Å². The Balaban J connectivity index is 1.24. The Labute approximate surface area is 299 Å². The molecule has 5 aromatic carbocycles. The molecule has 0 unspecified atom stereocenters. The van der Waals surface area contributed by atoms with Gasteiger partial charge in [0.2, 0.25) is 0 Å². The Morgan fingerprint density at radius 2 is 0.902 bits per heavy atom. The van der Waals surface area contributed by atoms with Crippen LogP contribution in [0.1, 0.15) is 50.7 Å². The van der Waals surface area contributed by atoms with Gasteiger partial charge in [-0.15, -0.1) is 0 Å². The first-order valence-corrected chi connectivity index (χ1v) is 17.8. The van der Waals surface area contributed by atoms with Gasteiger partial charge in [-0.25, -0.2) is 0 Å². The molecule has 7 aromatic rings. The van der Waals surface area contributed by atoms with Crippen molar-refractivity contribution in [2.24, 2.45) is 0 Å². The van der Waals surface area contributed by atoms with E-state index >= 15 is 0 Å². The summed E-state index contributed by atoms with van der Waals surface area (Å²) in [4.78, 5) is 9.69. The van der Waals surface area contributed by atoms with Gasteiger partial charge in [0, 0.05) is 17.9 Å². The zero-order chi connectivity index (χ0) is 34.6. The van der Waals surface area contributed by atoms with Gasteiger partial charge in [-0.2, -0.15) is 0 Å². The molecule has 0 radical (unpaired) electrons. The summed E-state index contributed by atoms with van der Waals surface area (Å²) in [6.45, 7) is 8.86. The molecule has 0 bridgehead atoms. The van der Waals surface area contributed by atoms with Crippen LogP contribution in [0.5, 0.6) is 23.0 Å². The van der Waals surface area contributed by atoms with E-state index in [2.05, 4.69) is 143 Å². The van der Waals surface area contributed by atoms with E-state index in [4.69, 9.17) is 19.4 Å². The second-order valence-corrected chi connectivity index (χ2v) is 14.2. The van der Waals surface area contributed by atoms with Gasteiger partial charge in [-0.3, -0.25) is 9.97 Å². The molecule has 0 atom stereocenters. The minimum Gasteiger partial charge on any atom is -0.458 e. The third-order valence-corrected chi connectivity index (χ3v) is 10.2. The average Bonchev–Trinajstić information content (AvgIpc) is 3.18. The Hall–Kier alpha value is -5.94. The summed E-state index contributed by atoms with van der Waals surface area (Å²) in [5.74, 6) is 4.10. The normalized spacial score (nSPS) is 12.5. The molecule has 0 amide bonds. The lowest BCUT2D eigenvalue weighted by Crippen LogP contribution is -2.58. The molecule has 9 rings (SSSR count). The molecule has 0 N–H and O–H groups in total. The van der Waals surface area contributed by atoms with Gasteiger partial charge in [0.05, 0.1) is 11.4 Å². The van der Waals surface area contributed by atoms with Gasteiger partial charge >= 0.3 is 0 Å². The van der Waals surface area contributed by atoms with Gasteiger partial charge in [0.15, 0.2) is 0 Å². The van der Waals surface area contributed by atoms with Crippen molar-refractivity contribution in [2.75, 3.05) is 0 Å². The molecule has 4 nitrogen and oxygen atoms in total. The van der Waals surface area contributed by atoms with Crippen LogP contribution in [-0.4, -0.2) is 16.7 Å². The van der Waals surface area contributed by atoms with E-state index in [1.54, 1.807) is 0 Å². The smallest absolute Gasteiger partial charge is 0.260 e.